The first-order valence-electron chi connectivity index (χ1n) is 6.47. The molecule has 2 rings (SSSR count). The van der Waals surface area contributed by atoms with E-state index in [0.29, 0.717) is 5.69 Å². The van der Waals surface area contributed by atoms with Crippen LogP contribution < -0.4 is 10.0 Å². The summed E-state index contributed by atoms with van der Waals surface area (Å²) in [6, 6.07) is 8.67. The van der Waals surface area contributed by atoms with Gasteiger partial charge in [-0.2, -0.15) is 0 Å². The van der Waals surface area contributed by atoms with Crippen molar-refractivity contribution < 1.29 is 13.2 Å². The van der Waals surface area contributed by atoms with Gasteiger partial charge in [0.15, 0.2) is 0 Å². The van der Waals surface area contributed by atoms with E-state index >= 15 is 0 Å². The molecular weight excluding hydrogens is 388 g/mol. The highest BCUT2D eigenvalue weighted by atomic mass is 79.9. The van der Waals surface area contributed by atoms with Gasteiger partial charge in [-0.1, -0.05) is 22.0 Å². The van der Waals surface area contributed by atoms with Crippen LogP contribution in [0, 0.1) is 6.92 Å². The summed E-state index contributed by atoms with van der Waals surface area (Å²) < 4.78 is 27.4. The number of aryl methyl sites for hydroxylation is 1. The van der Waals surface area contributed by atoms with Crippen molar-refractivity contribution in [3.63, 3.8) is 0 Å². The van der Waals surface area contributed by atoms with Crippen molar-refractivity contribution in [1.82, 2.24) is 4.72 Å². The number of hydrogen-bond donors (Lipinski definition) is 2. The average molecular weight is 403 g/mol. The van der Waals surface area contributed by atoms with Crippen LogP contribution in [0.15, 0.2) is 44.4 Å². The molecule has 1 aromatic carbocycles. The van der Waals surface area contributed by atoms with Crippen molar-refractivity contribution in [3.05, 3.63) is 45.7 Å². The van der Waals surface area contributed by atoms with Crippen molar-refractivity contribution in [3.8, 4) is 0 Å². The van der Waals surface area contributed by atoms with E-state index in [4.69, 9.17) is 0 Å². The van der Waals surface area contributed by atoms with Crippen molar-refractivity contribution in [1.29, 1.82) is 0 Å². The minimum Gasteiger partial charge on any atom is -0.326 e. The molecule has 0 bridgehead atoms. The molecule has 0 spiro atoms. The van der Waals surface area contributed by atoms with Gasteiger partial charge < -0.3 is 5.32 Å². The number of benzene rings is 1. The van der Waals surface area contributed by atoms with Crippen LogP contribution in [0.1, 0.15) is 12.0 Å². The molecule has 0 saturated carbocycles. The zero-order valence-electron chi connectivity index (χ0n) is 11.8. The van der Waals surface area contributed by atoms with Gasteiger partial charge >= 0.3 is 0 Å². The highest BCUT2D eigenvalue weighted by Gasteiger charge is 2.14. The van der Waals surface area contributed by atoms with Gasteiger partial charge in [-0.15, -0.1) is 11.3 Å². The van der Waals surface area contributed by atoms with E-state index in [1.54, 1.807) is 17.5 Å². The fourth-order valence-electron chi connectivity index (χ4n) is 1.73. The van der Waals surface area contributed by atoms with Crippen LogP contribution in [-0.2, 0) is 14.8 Å². The van der Waals surface area contributed by atoms with E-state index in [9.17, 15) is 13.2 Å². The van der Waals surface area contributed by atoms with Crippen LogP contribution in [0.4, 0.5) is 5.69 Å². The van der Waals surface area contributed by atoms with E-state index in [1.165, 1.54) is 6.07 Å². The van der Waals surface area contributed by atoms with E-state index in [2.05, 4.69) is 26.0 Å². The Morgan fingerprint density at radius 1 is 1.32 bits per heavy atom. The number of carbonyl (C=O) groups excluding carboxylic acids is 1. The molecule has 0 fully saturated rings. The maximum absolute atomic E-state index is 11.9. The highest BCUT2D eigenvalue weighted by Crippen LogP contribution is 2.20. The summed E-state index contributed by atoms with van der Waals surface area (Å²) in [7, 11) is -3.52. The summed E-state index contributed by atoms with van der Waals surface area (Å²) in [5.74, 6) is -0.240. The van der Waals surface area contributed by atoms with Crippen molar-refractivity contribution in [2.45, 2.75) is 17.6 Å². The molecule has 0 saturated heterocycles. The molecule has 1 heterocycles. The first-order chi connectivity index (χ1) is 10.4. The second kappa shape index (κ2) is 7.36. The van der Waals surface area contributed by atoms with Crippen molar-refractivity contribution >= 4 is 48.9 Å². The monoisotopic (exact) mass is 402 g/mol. The van der Waals surface area contributed by atoms with Crippen LogP contribution in [-0.4, -0.2) is 20.9 Å². The molecule has 0 radical (unpaired) electrons. The van der Waals surface area contributed by atoms with Crippen LogP contribution >= 0.6 is 27.3 Å². The maximum atomic E-state index is 11.9. The SMILES string of the molecule is Cc1cc(NC(=O)CCNS(=O)(=O)c2cccs2)ccc1Br. The van der Waals surface area contributed by atoms with Gasteiger partial charge in [0, 0.05) is 23.1 Å². The van der Waals surface area contributed by atoms with Crippen LogP contribution in [0.3, 0.4) is 0 Å². The summed E-state index contributed by atoms with van der Waals surface area (Å²) in [4.78, 5) is 11.8. The third-order valence-corrected chi connectivity index (χ3v) is 6.59. The Hall–Kier alpha value is -1.22. The zero-order chi connectivity index (χ0) is 16.2. The minimum atomic E-state index is -3.52. The van der Waals surface area contributed by atoms with Gasteiger partial charge in [-0.05, 0) is 42.1 Å². The fourth-order valence-corrected chi connectivity index (χ4v) is 4.05. The third-order valence-electron chi connectivity index (χ3n) is 2.85. The Kier molecular flexibility index (Phi) is 5.74. The molecular formula is C14H15BrN2O3S2. The summed E-state index contributed by atoms with van der Waals surface area (Å²) in [5, 5.41) is 4.43. The summed E-state index contributed by atoms with van der Waals surface area (Å²) in [6.07, 6.45) is 0.0692. The van der Waals surface area contributed by atoms with Crippen LogP contribution in [0.5, 0.6) is 0 Å². The maximum Gasteiger partial charge on any atom is 0.250 e. The van der Waals surface area contributed by atoms with Crippen LogP contribution in [0.25, 0.3) is 0 Å². The van der Waals surface area contributed by atoms with E-state index in [1.807, 2.05) is 19.1 Å². The number of sulfonamides is 1. The van der Waals surface area contributed by atoms with E-state index < -0.39 is 10.0 Å². The molecule has 0 aliphatic heterocycles. The van der Waals surface area contributed by atoms with Crippen molar-refractivity contribution in [2.24, 2.45) is 0 Å². The first kappa shape index (κ1) is 17.1. The second-order valence-corrected chi connectivity index (χ2v) is 8.39. The quantitative estimate of drug-likeness (QED) is 0.778. The average Bonchev–Trinajstić information content (AvgIpc) is 2.97. The molecule has 1 aromatic heterocycles. The van der Waals surface area contributed by atoms with E-state index in [0.717, 1.165) is 21.4 Å². The minimum absolute atomic E-state index is 0.0571. The number of nitrogens with one attached hydrogen (secondary N) is 2. The lowest BCUT2D eigenvalue weighted by Gasteiger charge is -2.08. The third kappa shape index (κ3) is 4.64. The summed E-state index contributed by atoms with van der Waals surface area (Å²) >= 11 is 4.53. The zero-order valence-corrected chi connectivity index (χ0v) is 15.0. The number of rotatable bonds is 6. The molecule has 8 heteroatoms. The Morgan fingerprint density at radius 3 is 2.73 bits per heavy atom. The number of halogens is 1. The Bertz CT molecular complexity index is 758. The van der Waals surface area contributed by atoms with Gasteiger partial charge in [0.2, 0.25) is 15.9 Å². The smallest absolute Gasteiger partial charge is 0.250 e. The standard InChI is InChI=1S/C14H15BrN2O3S2/c1-10-9-11(4-5-12(10)15)17-13(18)6-7-16-22(19,20)14-3-2-8-21-14/h2-5,8-9,16H,6-7H2,1H3,(H,17,18). The lowest BCUT2D eigenvalue weighted by atomic mass is 10.2. The topological polar surface area (TPSA) is 75.3 Å². The van der Waals surface area contributed by atoms with Gasteiger partial charge in [0.1, 0.15) is 4.21 Å². The summed E-state index contributed by atoms with van der Waals surface area (Å²) in [6.45, 7) is 1.98. The molecule has 2 aromatic rings. The molecule has 0 aliphatic carbocycles. The molecule has 0 unspecified atom stereocenters. The Morgan fingerprint density at radius 2 is 2.09 bits per heavy atom. The highest BCUT2D eigenvalue weighted by molar-refractivity contribution is 9.10. The Labute approximate surface area is 141 Å². The van der Waals surface area contributed by atoms with Gasteiger partial charge in [-0.25, -0.2) is 13.1 Å². The molecule has 0 atom stereocenters. The molecule has 0 aliphatic rings. The number of anilines is 1. The number of carbonyl (C=O) groups is 1. The molecule has 1 amide bonds. The predicted octanol–water partition coefficient (Wildman–Crippen LogP) is 3.13. The number of thiophene rings is 1. The number of amides is 1. The Balaban J connectivity index is 1.84. The molecule has 5 nitrogen and oxygen atoms in total. The fraction of sp³-hybridized carbons (Fsp3) is 0.214. The molecule has 118 valence electrons. The van der Waals surface area contributed by atoms with Crippen molar-refractivity contribution in [2.75, 3.05) is 11.9 Å². The van der Waals surface area contributed by atoms with E-state index in [-0.39, 0.29) is 23.1 Å². The lowest BCUT2D eigenvalue weighted by molar-refractivity contribution is -0.116. The normalized spacial score (nSPS) is 11.4. The molecule has 22 heavy (non-hydrogen) atoms. The first-order valence-corrected chi connectivity index (χ1v) is 9.63. The van der Waals surface area contributed by atoms with Gasteiger partial charge in [0.25, 0.3) is 0 Å². The largest absolute Gasteiger partial charge is 0.326 e. The molecule has 2 N–H and O–H groups in total. The van der Waals surface area contributed by atoms with Gasteiger partial charge in [0.05, 0.1) is 0 Å². The lowest BCUT2D eigenvalue weighted by Crippen LogP contribution is -2.27. The predicted molar refractivity (Wildman–Crippen MR) is 91.6 cm³/mol. The summed E-state index contributed by atoms with van der Waals surface area (Å²) in [5.41, 5.74) is 1.70. The van der Waals surface area contributed by atoms with Gasteiger partial charge in [-0.3, -0.25) is 4.79 Å². The number of hydrogen-bond acceptors (Lipinski definition) is 4. The van der Waals surface area contributed by atoms with Crippen LogP contribution in [0.2, 0.25) is 0 Å². The second-order valence-electron chi connectivity index (χ2n) is 4.59.